The summed E-state index contributed by atoms with van der Waals surface area (Å²) < 4.78 is 0. The van der Waals surface area contributed by atoms with Crippen LogP contribution in [0.2, 0.25) is 0 Å². The summed E-state index contributed by atoms with van der Waals surface area (Å²) in [4.78, 5) is 27.7. The quantitative estimate of drug-likeness (QED) is 0.602. The van der Waals surface area contributed by atoms with Gasteiger partial charge in [0, 0.05) is 30.8 Å². The minimum Gasteiger partial charge on any atom is -0.357 e. The molecule has 3 aromatic rings. The van der Waals surface area contributed by atoms with Gasteiger partial charge < -0.3 is 15.5 Å². The van der Waals surface area contributed by atoms with Gasteiger partial charge >= 0.3 is 0 Å². The van der Waals surface area contributed by atoms with Crippen molar-refractivity contribution in [2.24, 2.45) is 5.92 Å². The van der Waals surface area contributed by atoms with Crippen molar-refractivity contribution >= 4 is 29.0 Å². The molecule has 32 heavy (non-hydrogen) atoms. The predicted molar refractivity (Wildman–Crippen MR) is 125 cm³/mol. The number of aromatic nitrogens is 3. The topological polar surface area (TPSA) is 107 Å². The number of anilines is 4. The number of benzene rings is 1. The second-order valence-corrected chi connectivity index (χ2v) is 8.01. The maximum atomic E-state index is 12.0. The Hall–Kier alpha value is -3.99. The number of carbonyl (C=O) groups excluding carboxylic acids is 1. The van der Waals surface area contributed by atoms with E-state index < -0.39 is 0 Å². The van der Waals surface area contributed by atoms with Crippen molar-refractivity contribution < 1.29 is 4.79 Å². The molecule has 0 spiro atoms. The Labute approximate surface area is 187 Å². The second kappa shape index (κ2) is 9.43. The van der Waals surface area contributed by atoms with Crippen molar-refractivity contribution in [3.8, 4) is 17.3 Å². The van der Waals surface area contributed by atoms with E-state index in [0.29, 0.717) is 22.9 Å². The van der Waals surface area contributed by atoms with E-state index in [0.717, 1.165) is 30.2 Å². The largest absolute Gasteiger partial charge is 0.357 e. The average molecular weight is 428 g/mol. The predicted octanol–water partition coefficient (Wildman–Crippen LogP) is 4.35. The van der Waals surface area contributed by atoms with Crippen molar-refractivity contribution in [3.63, 3.8) is 0 Å². The van der Waals surface area contributed by atoms with Gasteiger partial charge in [-0.25, -0.2) is 15.0 Å². The molecule has 1 aliphatic heterocycles. The zero-order chi connectivity index (χ0) is 22.5. The van der Waals surface area contributed by atoms with E-state index in [1.165, 1.54) is 12.8 Å². The van der Waals surface area contributed by atoms with Crippen molar-refractivity contribution in [1.82, 2.24) is 15.0 Å². The molecule has 8 heteroatoms. The van der Waals surface area contributed by atoms with Gasteiger partial charge in [0.2, 0.25) is 11.9 Å². The van der Waals surface area contributed by atoms with Gasteiger partial charge in [-0.15, -0.1) is 0 Å². The monoisotopic (exact) mass is 427 g/mol. The molecule has 0 bridgehead atoms. The molecule has 0 saturated carbocycles. The van der Waals surface area contributed by atoms with Crippen LogP contribution in [0, 0.1) is 17.2 Å². The number of hydrogen-bond acceptors (Lipinski definition) is 7. The molecule has 1 fully saturated rings. The van der Waals surface area contributed by atoms with Crippen LogP contribution in [0.25, 0.3) is 11.3 Å². The fraction of sp³-hybridized carbons (Fsp3) is 0.292. The molecule has 1 saturated heterocycles. The van der Waals surface area contributed by atoms with Crippen LogP contribution in [0.15, 0.2) is 48.8 Å². The van der Waals surface area contributed by atoms with Crippen LogP contribution < -0.4 is 15.5 Å². The Morgan fingerprint density at radius 1 is 1.12 bits per heavy atom. The van der Waals surface area contributed by atoms with Crippen LogP contribution in [-0.4, -0.2) is 33.9 Å². The number of hydrogen-bond donors (Lipinski definition) is 2. The van der Waals surface area contributed by atoms with Crippen LogP contribution >= 0.6 is 0 Å². The third kappa shape index (κ3) is 4.83. The van der Waals surface area contributed by atoms with E-state index >= 15 is 0 Å². The van der Waals surface area contributed by atoms with Crippen LogP contribution in [0.3, 0.4) is 0 Å². The molecule has 3 heterocycles. The Morgan fingerprint density at radius 3 is 2.62 bits per heavy atom. The van der Waals surface area contributed by atoms with Gasteiger partial charge in [-0.1, -0.05) is 19.9 Å². The molecule has 0 unspecified atom stereocenters. The van der Waals surface area contributed by atoms with Gasteiger partial charge in [0.1, 0.15) is 11.9 Å². The summed E-state index contributed by atoms with van der Waals surface area (Å²) in [7, 11) is 0. The van der Waals surface area contributed by atoms with Crippen molar-refractivity contribution in [3.05, 3.63) is 54.4 Å². The van der Waals surface area contributed by atoms with Gasteiger partial charge in [0.25, 0.3) is 0 Å². The molecule has 2 aromatic heterocycles. The summed E-state index contributed by atoms with van der Waals surface area (Å²) in [5.74, 6) is 1.12. The van der Waals surface area contributed by atoms with Gasteiger partial charge in [-0.05, 0) is 43.2 Å². The summed E-state index contributed by atoms with van der Waals surface area (Å²) >= 11 is 0. The Kier molecular flexibility index (Phi) is 6.26. The first-order valence-electron chi connectivity index (χ1n) is 10.7. The number of nitrogens with one attached hydrogen (secondary N) is 2. The van der Waals surface area contributed by atoms with E-state index in [4.69, 9.17) is 0 Å². The molecule has 4 rings (SSSR count). The van der Waals surface area contributed by atoms with Crippen LogP contribution in [-0.2, 0) is 4.79 Å². The van der Waals surface area contributed by atoms with E-state index in [1.807, 2.05) is 18.2 Å². The lowest BCUT2D eigenvalue weighted by Crippen LogP contribution is -2.18. The Bertz CT molecular complexity index is 1150. The highest BCUT2D eigenvalue weighted by molar-refractivity contribution is 5.93. The maximum Gasteiger partial charge on any atom is 0.227 e. The van der Waals surface area contributed by atoms with Gasteiger partial charge in [-0.3, -0.25) is 4.79 Å². The van der Waals surface area contributed by atoms with E-state index in [9.17, 15) is 10.1 Å². The molecule has 1 aliphatic rings. The maximum absolute atomic E-state index is 12.0. The second-order valence-electron chi connectivity index (χ2n) is 8.01. The third-order valence-electron chi connectivity index (χ3n) is 5.31. The highest BCUT2D eigenvalue weighted by Gasteiger charge is 2.14. The SMILES string of the molecule is CC(C)C(=O)Nc1ccc(-c2ccnc(Nc3ccc(N4CCCC4)nc3)n2)cc1C#N. The lowest BCUT2D eigenvalue weighted by molar-refractivity contribution is -0.118. The van der Waals surface area contributed by atoms with Crippen LogP contribution in [0.1, 0.15) is 32.3 Å². The molecule has 0 radical (unpaired) electrons. The van der Waals surface area contributed by atoms with Crippen molar-refractivity contribution in [2.45, 2.75) is 26.7 Å². The Morgan fingerprint density at radius 2 is 1.94 bits per heavy atom. The summed E-state index contributed by atoms with van der Waals surface area (Å²) in [5.41, 5.74) is 3.10. The first-order chi connectivity index (χ1) is 15.5. The lowest BCUT2D eigenvalue weighted by atomic mass is 10.1. The number of amides is 1. The minimum absolute atomic E-state index is 0.132. The molecule has 8 nitrogen and oxygen atoms in total. The van der Waals surface area contributed by atoms with Crippen LogP contribution in [0.4, 0.5) is 23.1 Å². The van der Waals surface area contributed by atoms with Crippen molar-refractivity contribution in [2.75, 3.05) is 28.6 Å². The van der Waals surface area contributed by atoms with Gasteiger partial charge in [0.15, 0.2) is 0 Å². The summed E-state index contributed by atoms with van der Waals surface area (Å²) in [5, 5.41) is 15.5. The summed E-state index contributed by atoms with van der Waals surface area (Å²) in [6.07, 6.45) is 5.86. The standard InChI is InChI=1S/C24H25N7O/c1-16(2)23(32)29-20-7-5-17(13-18(20)14-25)21-9-10-26-24(30-21)28-19-6-8-22(27-15-19)31-11-3-4-12-31/h5-10,13,15-16H,3-4,11-12H2,1-2H3,(H,29,32)(H,26,28,30). The zero-order valence-electron chi connectivity index (χ0n) is 18.2. The smallest absolute Gasteiger partial charge is 0.227 e. The summed E-state index contributed by atoms with van der Waals surface area (Å²) in [6, 6.07) is 13.2. The van der Waals surface area contributed by atoms with E-state index in [1.54, 1.807) is 44.4 Å². The molecular formula is C24H25N7O. The molecule has 1 amide bonds. The average Bonchev–Trinajstić information content (AvgIpc) is 3.35. The molecule has 0 atom stereocenters. The van der Waals surface area contributed by atoms with Crippen LogP contribution in [0.5, 0.6) is 0 Å². The first kappa shape index (κ1) is 21.2. The highest BCUT2D eigenvalue weighted by Crippen LogP contribution is 2.25. The highest BCUT2D eigenvalue weighted by atomic mass is 16.1. The molecular weight excluding hydrogens is 402 g/mol. The number of nitriles is 1. The molecule has 1 aromatic carbocycles. The fourth-order valence-corrected chi connectivity index (χ4v) is 3.48. The summed E-state index contributed by atoms with van der Waals surface area (Å²) in [6.45, 7) is 5.71. The van der Waals surface area contributed by atoms with Gasteiger partial charge in [-0.2, -0.15) is 5.26 Å². The fourth-order valence-electron chi connectivity index (χ4n) is 3.48. The third-order valence-corrected chi connectivity index (χ3v) is 5.31. The van der Waals surface area contributed by atoms with E-state index in [-0.39, 0.29) is 11.8 Å². The molecule has 162 valence electrons. The molecule has 0 aliphatic carbocycles. The number of rotatable bonds is 6. The zero-order valence-corrected chi connectivity index (χ0v) is 18.2. The van der Waals surface area contributed by atoms with E-state index in [2.05, 4.69) is 36.6 Å². The lowest BCUT2D eigenvalue weighted by Gasteiger charge is -2.16. The Balaban J connectivity index is 1.51. The van der Waals surface area contributed by atoms with Gasteiger partial charge in [0.05, 0.1) is 28.8 Å². The number of carbonyl (C=O) groups is 1. The number of pyridine rings is 1. The minimum atomic E-state index is -0.171. The first-order valence-corrected chi connectivity index (χ1v) is 10.7. The molecule has 2 N–H and O–H groups in total. The van der Waals surface area contributed by atoms with Crippen molar-refractivity contribution in [1.29, 1.82) is 5.26 Å². The normalized spacial score (nSPS) is 13.1. The number of nitrogens with zero attached hydrogens (tertiary/aromatic N) is 5.